The van der Waals surface area contributed by atoms with Gasteiger partial charge < -0.3 is 5.32 Å². The number of rotatable bonds is 3. The minimum atomic E-state index is -4.54. The van der Waals surface area contributed by atoms with E-state index in [1.807, 2.05) is 0 Å². The molecule has 0 saturated carbocycles. The van der Waals surface area contributed by atoms with Crippen LogP contribution in [-0.4, -0.2) is 15.7 Å². The van der Waals surface area contributed by atoms with Gasteiger partial charge in [0.25, 0.3) is 5.91 Å². The molecule has 1 heterocycles. The Morgan fingerprint density at radius 2 is 1.77 bits per heavy atom. The highest BCUT2D eigenvalue weighted by molar-refractivity contribution is 9.10. The van der Waals surface area contributed by atoms with Crippen LogP contribution in [0.2, 0.25) is 0 Å². The second-order valence-corrected chi connectivity index (χ2v) is 6.17. The minimum absolute atomic E-state index is 0.149. The van der Waals surface area contributed by atoms with Crippen LogP contribution in [0.5, 0.6) is 0 Å². The van der Waals surface area contributed by atoms with Crippen molar-refractivity contribution in [2.75, 3.05) is 5.32 Å². The van der Waals surface area contributed by atoms with E-state index in [1.54, 1.807) is 0 Å². The number of carbonyl (C=O) groups is 1. The highest BCUT2D eigenvalue weighted by Crippen LogP contribution is 2.30. The summed E-state index contributed by atoms with van der Waals surface area (Å²) >= 11 is 3.10. The predicted molar refractivity (Wildman–Crippen MR) is 90.6 cm³/mol. The summed E-state index contributed by atoms with van der Waals surface area (Å²) in [7, 11) is 0. The number of hydrogen-bond donors (Lipinski definition) is 1. The molecule has 134 valence electrons. The molecular formula is C17H10BrF4N3O. The van der Waals surface area contributed by atoms with E-state index in [0.29, 0.717) is 10.2 Å². The third-order valence-electron chi connectivity index (χ3n) is 3.48. The monoisotopic (exact) mass is 427 g/mol. The number of anilines is 1. The summed E-state index contributed by atoms with van der Waals surface area (Å²) in [5.74, 6) is -1.36. The van der Waals surface area contributed by atoms with Crippen LogP contribution in [0, 0.1) is 5.82 Å². The average molecular weight is 428 g/mol. The number of amides is 1. The van der Waals surface area contributed by atoms with Gasteiger partial charge >= 0.3 is 6.18 Å². The molecule has 1 amide bonds. The summed E-state index contributed by atoms with van der Waals surface area (Å²) < 4.78 is 53.8. The number of benzene rings is 2. The lowest BCUT2D eigenvalue weighted by Crippen LogP contribution is -2.14. The molecule has 0 aliphatic rings. The third kappa shape index (κ3) is 3.77. The van der Waals surface area contributed by atoms with Crippen molar-refractivity contribution in [2.45, 2.75) is 6.18 Å². The fourth-order valence-corrected chi connectivity index (χ4v) is 2.61. The Bertz CT molecular complexity index is 951. The molecular weight excluding hydrogens is 418 g/mol. The van der Waals surface area contributed by atoms with E-state index in [4.69, 9.17) is 0 Å². The van der Waals surface area contributed by atoms with Crippen LogP contribution < -0.4 is 5.32 Å². The topological polar surface area (TPSA) is 46.9 Å². The van der Waals surface area contributed by atoms with Crippen molar-refractivity contribution in [1.82, 2.24) is 9.78 Å². The number of aromatic nitrogens is 2. The Morgan fingerprint density at radius 3 is 2.38 bits per heavy atom. The van der Waals surface area contributed by atoms with Crippen LogP contribution in [0.4, 0.5) is 23.2 Å². The smallest absolute Gasteiger partial charge is 0.322 e. The molecule has 0 fully saturated rings. The molecule has 0 saturated heterocycles. The molecule has 9 heteroatoms. The van der Waals surface area contributed by atoms with E-state index in [1.165, 1.54) is 36.4 Å². The zero-order valence-corrected chi connectivity index (χ0v) is 14.5. The minimum Gasteiger partial charge on any atom is -0.322 e. The Kier molecular flexibility index (Phi) is 4.82. The first-order chi connectivity index (χ1) is 12.3. The van der Waals surface area contributed by atoms with Gasteiger partial charge in [-0.05, 0) is 48.5 Å². The predicted octanol–water partition coefficient (Wildman–Crippen LogP) is 5.05. The van der Waals surface area contributed by atoms with Gasteiger partial charge in [-0.2, -0.15) is 18.3 Å². The first kappa shape index (κ1) is 18.1. The van der Waals surface area contributed by atoms with Gasteiger partial charge in [-0.3, -0.25) is 4.79 Å². The van der Waals surface area contributed by atoms with Gasteiger partial charge in [-0.15, -0.1) is 0 Å². The van der Waals surface area contributed by atoms with Crippen molar-refractivity contribution in [3.05, 3.63) is 76.3 Å². The van der Waals surface area contributed by atoms with E-state index < -0.39 is 23.6 Å². The summed E-state index contributed by atoms with van der Waals surface area (Å²) in [6.45, 7) is 0. The fraction of sp³-hybridized carbons (Fsp3) is 0.0588. The quantitative estimate of drug-likeness (QED) is 0.594. The second-order valence-electron chi connectivity index (χ2n) is 5.25. The number of nitrogens with one attached hydrogen (secondary N) is 1. The lowest BCUT2D eigenvalue weighted by Gasteiger charge is -2.11. The molecule has 0 unspecified atom stereocenters. The molecule has 0 aliphatic carbocycles. The molecule has 4 nitrogen and oxygen atoms in total. The summed E-state index contributed by atoms with van der Waals surface area (Å²) in [4.78, 5) is 12.1. The average Bonchev–Trinajstić information content (AvgIpc) is 3.05. The van der Waals surface area contributed by atoms with E-state index in [2.05, 4.69) is 26.3 Å². The summed E-state index contributed by atoms with van der Waals surface area (Å²) in [5, 5.41) is 6.16. The highest BCUT2D eigenvalue weighted by Gasteiger charge is 2.35. The van der Waals surface area contributed by atoms with Gasteiger partial charge in [0.2, 0.25) is 0 Å². The fourth-order valence-electron chi connectivity index (χ4n) is 2.28. The summed E-state index contributed by atoms with van der Waals surface area (Å²) in [5.41, 5.74) is -0.577. The van der Waals surface area contributed by atoms with Crippen LogP contribution in [0.1, 0.15) is 16.1 Å². The van der Waals surface area contributed by atoms with Gasteiger partial charge in [0, 0.05) is 10.2 Å². The van der Waals surface area contributed by atoms with E-state index in [9.17, 15) is 22.4 Å². The molecule has 0 spiro atoms. The summed E-state index contributed by atoms with van der Waals surface area (Å²) in [6.07, 6.45) is -3.49. The molecule has 0 atom stereocenters. The Hall–Kier alpha value is -2.68. The van der Waals surface area contributed by atoms with Crippen molar-refractivity contribution in [1.29, 1.82) is 0 Å². The molecule has 3 rings (SSSR count). The number of carbonyl (C=O) groups excluding carboxylic acids is 1. The molecule has 1 N–H and O–H groups in total. The SMILES string of the molecule is O=C(Nc1ccc(-n2nccc2C(F)(F)F)cc1)c1ccc(Br)cc1F. The largest absolute Gasteiger partial charge is 0.433 e. The van der Waals surface area contributed by atoms with Gasteiger partial charge in [0.05, 0.1) is 17.4 Å². The number of nitrogens with zero attached hydrogens (tertiary/aromatic N) is 2. The molecule has 1 aromatic heterocycles. The van der Waals surface area contributed by atoms with Crippen molar-refractivity contribution >= 4 is 27.5 Å². The number of halogens is 5. The van der Waals surface area contributed by atoms with Crippen LogP contribution in [-0.2, 0) is 6.18 Å². The van der Waals surface area contributed by atoms with Gasteiger partial charge in [-0.25, -0.2) is 9.07 Å². The highest BCUT2D eigenvalue weighted by atomic mass is 79.9. The Labute approximate surface area is 153 Å². The first-order valence-corrected chi connectivity index (χ1v) is 8.03. The Morgan fingerprint density at radius 1 is 1.08 bits per heavy atom. The first-order valence-electron chi connectivity index (χ1n) is 7.24. The van der Waals surface area contributed by atoms with E-state index in [0.717, 1.165) is 23.0 Å². The van der Waals surface area contributed by atoms with Crippen molar-refractivity contribution in [3.8, 4) is 5.69 Å². The van der Waals surface area contributed by atoms with E-state index in [-0.39, 0.29) is 11.3 Å². The third-order valence-corrected chi connectivity index (χ3v) is 3.97. The summed E-state index contributed by atoms with van der Waals surface area (Å²) in [6, 6.07) is 10.4. The zero-order chi connectivity index (χ0) is 18.9. The van der Waals surface area contributed by atoms with Crippen LogP contribution >= 0.6 is 15.9 Å². The van der Waals surface area contributed by atoms with Crippen LogP contribution in [0.25, 0.3) is 5.69 Å². The zero-order valence-electron chi connectivity index (χ0n) is 12.9. The molecule has 0 aliphatic heterocycles. The molecule has 2 aromatic carbocycles. The van der Waals surface area contributed by atoms with Gasteiger partial charge in [-0.1, -0.05) is 15.9 Å². The molecule has 0 bridgehead atoms. The van der Waals surface area contributed by atoms with Crippen molar-refractivity contribution in [3.63, 3.8) is 0 Å². The lowest BCUT2D eigenvalue weighted by molar-refractivity contribution is -0.142. The Balaban J connectivity index is 1.80. The normalized spacial score (nSPS) is 11.4. The molecule has 26 heavy (non-hydrogen) atoms. The van der Waals surface area contributed by atoms with E-state index >= 15 is 0 Å². The maximum atomic E-state index is 13.8. The van der Waals surface area contributed by atoms with Gasteiger partial charge in [0.1, 0.15) is 11.5 Å². The molecule has 3 aromatic rings. The number of hydrogen-bond acceptors (Lipinski definition) is 2. The second kappa shape index (κ2) is 6.91. The lowest BCUT2D eigenvalue weighted by atomic mass is 10.2. The van der Waals surface area contributed by atoms with Crippen molar-refractivity contribution in [2.24, 2.45) is 0 Å². The van der Waals surface area contributed by atoms with Crippen molar-refractivity contribution < 1.29 is 22.4 Å². The van der Waals surface area contributed by atoms with Gasteiger partial charge in [0.15, 0.2) is 0 Å². The molecule has 0 radical (unpaired) electrons. The maximum Gasteiger partial charge on any atom is 0.433 e. The maximum absolute atomic E-state index is 13.8. The van der Waals surface area contributed by atoms with Crippen LogP contribution in [0.15, 0.2) is 59.2 Å². The van der Waals surface area contributed by atoms with Crippen LogP contribution in [0.3, 0.4) is 0 Å². The standard InChI is InChI=1S/C17H10BrF4N3O/c18-10-1-6-13(14(19)9-10)16(26)24-11-2-4-12(5-3-11)25-15(7-8-23-25)17(20,21)22/h1-9H,(H,24,26). The number of alkyl halides is 3.